The van der Waals surface area contributed by atoms with Crippen LogP contribution in [0.3, 0.4) is 0 Å². The van der Waals surface area contributed by atoms with Crippen molar-refractivity contribution in [3.8, 4) is 5.75 Å². The van der Waals surface area contributed by atoms with E-state index in [2.05, 4.69) is 10.3 Å². The number of rotatable bonds is 4. The van der Waals surface area contributed by atoms with E-state index in [9.17, 15) is 13.2 Å². The molecule has 3 nitrogen and oxygen atoms in total. The fourth-order valence-corrected chi connectivity index (χ4v) is 1.62. The number of nitrogens with one attached hydrogen (secondary N) is 1. The van der Waals surface area contributed by atoms with Gasteiger partial charge in [0.25, 0.3) is 0 Å². The molecule has 7 heteroatoms. The molecule has 0 heterocycles. The molecule has 0 aliphatic carbocycles. The molecule has 0 saturated heterocycles. The predicted molar refractivity (Wildman–Crippen MR) is 56.9 cm³/mol. The Balaban J connectivity index is 3.25. The summed E-state index contributed by atoms with van der Waals surface area (Å²) < 4.78 is 43.0. The summed E-state index contributed by atoms with van der Waals surface area (Å²) in [7, 11) is 2.54. The lowest BCUT2D eigenvalue weighted by Gasteiger charge is -2.16. The molecule has 0 radical (unpaired) electrons. The second-order valence-corrected chi connectivity index (χ2v) is 3.61. The SMILES string of the molecule is CONCc1cc(Cl)cc(C(F)(F)F)c1OC. The van der Waals surface area contributed by atoms with Crippen molar-refractivity contribution in [3.05, 3.63) is 28.3 Å². The number of hydrogen-bond acceptors (Lipinski definition) is 3. The van der Waals surface area contributed by atoms with Crippen LogP contribution in [0.15, 0.2) is 12.1 Å². The largest absolute Gasteiger partial charge is 0.496 e. The van der Waals surface area contributed by atoms with Crippen LogP contribution in [0.5, 0.6) is 5.75 Å². The van der Waals surface area contributed by atoms with Crippen LogP contribution in [-0.4, -0.2) is 14.2 Å². The monoisotopic (exact) mass is 269 g/mol. The van der Waals surface area contributed by atoms with Crippen molar-refractivity contribution in [2.75, 3.05) is 14.2 Å². The average Bonchev–Trinajstić information content (AvgIpc) is 2.24. The maximum atomic E-state index is 12.7. The third-order valence-electron chi connectivity index (χ3n) is 2.05. The number of ether oxygens (including phenoxy) is 1. The summed E-state index contributed by atoms with van der Waals surface area (Å²) in [5.41, 5.74) is 1.81. The molecule has 1 rings (SSSR count). The van der Waals surface area contributed by atoms with Crippen molar-refractivity contribution < 1.29 is 22.7 Å². The number of methoxy groups -OCH3 is 1. The first-order valence-corrected chi connectivity index (χ1v) is 4.97. The third kappa shape index (κ3) is 3.49. The molecule has 0 aliphatic rings. The van der Waals surface area contributed by atoms with Gasteiger partial charge in [0.2, 0.25) is 0 Å². The van der Waals surface area contributed by atoms with Gasteiger partial charge in [-0.15, -0.1) is 0 Å². The average molecular weight is 270 g/mol. The minimum atomic E-state index is -4.52. The zero-order valence-corrected chi connectivity index (χ0v) is 9.95. The molecule has 0 bridgehead atoms. The fraction of sp³-hybridized carbons (Fsp3) is 0.400. The first-order chi connectivity index (χ1) is 7.90. The van der Waals surface area contributed by atoms with E-state index < -0.39 is 11.7 Å². The fourth-order valence-electron chi connectivity index (χ4n) is 1.38. The summed E-state index contributed by atoms with van der Waals surface area (Å²) in [5.74, 6) is -0.258. The molecule has 1 aromatic carbocycles. The van der Waals surface area contributed by atoms with Gasteiger partial charge < -0.3 is 9.57 Å². The van der Waals surface area contributed by atoms with Crippen LogP contribution >= 0.6 is 11.6 Å². The van der Waals surface area contributed by atoms with E-state index in [1.165, 1.54) is 20.3 Å². The summed E-state index contributed by atoms with van der Waals surface area (Å²) in [4.78, 5) is 4.58. The number of halogens is 4. The molecule has 0 amide bonds. The molecule has 1 N–H and O–H groups in total. The van der Waals surface area contributed by atoms with Crippen LogP contribution in [0.25, 0.3) is 0 Å². The van der Waals surface area contributed by atoms with Gasteiger partial charge in [-0.3, -0.25) is 0 Å². The number of benzene rings is 1. The Labute approximate surface area is 101 Å². The Morgan fingerprint density at radius 1 is 1.29 bits per heavy atom. The molecule has 0 spiro atoms. The molecule has 0 saturated carbocycles. The quantitative estimate of drug-likeness (QED) is 0.853. The molecule has 96 valence electrons. The van der Waals surface area contributed by atoms with Gasteiger partial charge in [-0.25, -0.2) is 0 Å². The number of hydroxylamine groups is 1. The van der Waals surface area contributed by atoms with Gasteiger partial charge in [-0.2, -0.15) is 18.7 Å². The molecular weight excluding hydrogens is 259 g/mol. The van der Waals surface area contributed by atoms with E-state index in [0.29, 0.717) is 0 Å². The molecule has 0 fully saturated rings. The van der Waals surface area contributed by atoms with Crippen LogP contribution in [0, 0.1) is 0 Å². The summed E-state index contributed by atoms with van der Waals surface area (Å²) in [6, 6.07) is 2.22. The zero-order chi connectivity index (χ0) is 13.1. The van der Waals surface area contributed by atoms with Gasteiger partial charge in [0, 0.05) is 17.1 Å². The highest BCUT2D eigenvalue weighted by atomic mass is 35.5. The van der Waals surface area contributed by atoms with Gasteiger partial charge in [-0.05, 0) is 12.1 Å². The number of hydrogen-bond donors (Lipinski definition) is 1. The Bertz CT molecular complexity index is 396. The predicted octanol–water partition coefficient (Wildman–Crippen LogP) is 3.02. The second kappa shape index (κ2) is 5.57. The van der Waals surface area contributed by atoms with Crippen LogP contribution in [0.2, 0.25) is 5.02 Å². The van der Waals surface area contributed by atoms with Crippen molar-refractivity contribution in [2.45, 2.75) is 12.7 Å². The van der Waals surface area contributed by atoms with Crippen molar-refractivity contribution in [1.29, 1.82) is 0 Å². The van der Waals surface area contributed by atoms with E-state index in [1.807, 2.05) is 0 Å². The Kier molecular flexibility index (Phi) is 4.62. The maximum Gasteiger partial charge on any atom is 0.420 e. The van der Waals surface area contributed by atoms with Crippen molar-refractivity contribution >= 4 is 11.6 Å². The first-order valence-electron chi connectivity index (χ1n) is 4.59. The van der Waals surface area contributed by atoms with E-state index >= 15 is 0 Å². The minimum absolute atomic E-state index is 0.00831. The number of alkyl halides is 3. The topological polar surface area (TPSA) is 30.5 Å². The molecule has 0 unspecified atom stereocenters. The molecule has 1 aromatic rings. The van der Waals surface area contributed by atoms with Gasteiger partial charge in [0.05, 0.1) is 19.8 Å². The van der Waals surface area contributed by atoms with E-state index in [-0.39, 0.29) is 22.9 Å². The van der Waals surface area contributed by atoms with E-state index in [0.717, 1.165) is 6.07 Å². The zero-order valence-electron chi connectivity index (χ0n) is 9.19. The first kappa shape index (κ1) is 14.1. The summed E-state index contributed by atoms with van der Waals surface area (Å²) >= 11 is 5.64. The third-order valence-corrected chi connectivity index (χ3v) is 2.27. The van der Waals surface area contributed by atoms with Crippen LogP contribution in [0.4, 0.5) is 13.2 Å². The molecular formula is C10H11ClF3NO2. The van der Waals surface area contributed by atoms with Gasteiger partial charge in [0.1, 0.15) is 5.75 Å². The van der Waals surface area contributed by atoms with Crippen molar-refractivity contribution in [1.82, 2.24) is 5.48 Å². The Morgan fingerprint density at radius 2 is 1.94 bits per heavy atom. The molecule has 17 heavy (non-hydrogen) atoms. The van der Waals surface area contributed by atoms with Gasteiger partial charge in [0.15, 0.2) is 0 Å². The smallest absolute Gasteiger partial charge is 0.420 e. The maximum absolute atomic E-state index is 12.7. The Morgan fingerprint density at radius 3 is 2.41 bits per heavy atom. The van der Waals surface area contributed by atoms with Crippen LogP contribution < -0.4 is 10.2 Å². The molecule has 0 aliphatic heterocycles. The summed E-state index contributed by atoms with van der Waals surface area (Å²) in [6.07, 6.45) is -4.52. The highest BCUT2D eigenvalue weighted by Crippen LogP contribution is 2.40. The van der Waals surface area contributed by atoms with Crippen LogP contribution in [0.1, 0.15) is 11.1 Å². The highest BCUT2D eigenvalue weighted by molar-refractivity contribution is 6.30. The lowest BCUT2D eigenvalue weighted by Crippen LogP contribution is -2.15. The highest BCUT2D eigenvalue weighted by Gasteiger charge is 2.35. The lowest BCUT2D eigenvalue weighted by atomic mass is 10.1. The van der Waals surface area contributed by atoms with Crippen molar-refractivity contribution in [3.63, 3.8) is 0 Å². The summed E-state index contributed by atoms with van der Waals surface area (Å²) in [6.45, 7) is 0.0588. The van der Waals surface area contributed by atoms with E-state index in [4.69, 9.17) is 16.3 Å². The van der Waals surface area contributed by atoms with Gasteiger partial charge >= 0.3 is 6.18 Å². The second-order valence-electron chi connectivity index (χ2n) is 3.17. The molecule has 0 atom stereocenters. The minimum Gasteiger partial charge on any atom is -0.496 e. The molecule has 0 aromatic heterocycles. The van der Waals surface area contributed by atoms with Crippen LogP contribution in [-0.2, 0) is 17.6 Å². The van der Waals surface area contributed by atoms with E-state index in [1.54, 1.807) is 0 Å². The van der Waals surface area contributed by atoms with Crippen molar-refractivity contribution in [2.24, 2.45) is 0 Å². The lowest BCUT2D eigenvalue weighted by molar-refractivity contribution is -0.138. The standard InChI is InChI=1S/C10H11ClF3NO2/c1-16-9-6(5-15-17-2)3-7(11)4-8(9)10(12,13)14/h3-4,15H,5H2,1-2H3. The van der Waals surface area contributed by atoms with Gasteiger partial charge in [-0.1, -0.05) is 11.6 Å². The normalized spacial score (nSPS) is 11.6. The summed E-state index contributed by atoms with van der Waals surface area (Å²) in [5, 5.41) is -0.00831. The Hall–Kier alpha value is -0.980.